The Balaban J connectivity index is 0. The minimum absolute atomic E-state index is 0.167. The molecule has 0 aliphatic heterocycles. The fourth-order valence-electron chi connectivity index (χ4n) is 0.450. The number of Topliss-reactive ketones (excluding diaryl/α,β-unsaturated/α-hetero) is 1. The predicted molar refractivity (Wildman–Crippen MR) is 45.1 cm³/mol. The first-order valence-electron chi connectivity index (χ1n) is 3.83. The zero-order valence-corrected chi connectivity index (χ0v) is 7.69. The van der Waals surface area contributed by atoms with Gasteiger partial charge in [-0.25, -0.2) is 0 Å². The van der Waals surface area contributed by atoms with Crippen molar-refractivity contribution in [2.75, 3.05) is 13.6 Å². The van der Waals surface area contributed by atoms with Crippen molar-refractivity contribution in [3.63, 3.8) is 0 Å². The molecule has 0 rings (SSSR count). The number of nitrogens with one attached hydrogen (secondary N) is 1. The second kappa shape index (κ2) is 8.63. The van der Waals surface area contributed by atoms with Crippen molar-refractivity contribution in [2.45, 2.75) is 27.7 Å². The van der Waals surface area contributed by atoms with Crippen molar-refractivity contribution in [1.29, 1.82) is 0 Å². The number of carbonyl (C=O) groups is 1. The number of hydrogen-bond donors (Lipinski definition) is 1. The van der Waals surface area contributed by atoms with Crippen LogP contribution >= 0.6 is 0 Å². The van der Waals surface area contributed by atoms with Crippen LogP contribution in [0.2, 0.25) is 0 Å². The predicted octanol–water partition coefficient (Wildman–Crippen LogP) is 1.46. The highest BCUT2D eigenvalue weighted by Crippen LogP contribution is 1.91. The summed E-state index contributed by atoms with van der Waals surface area (Å²) in [5.74, 6) is 0.416. The van der Waals surface area contributed by atoms with Gasteiger partial charge in [-0.1, -0.05) is 20.8 Å². The molecule has 62 valence electrons. The Hall–Kier alpha value is -0.370. The summed E-state index contributed by atoms with van der Waals surface area (Å²) < 4.78 is 0. The first-order valence-corrected chi connectivity index (χ1v) is 3.83. The first kappa shape index (κ1) is 12.3. The lowest BCUT2D eigenvalue weighted by Gasteiger charge is -2.03. The molecule has 0 amide bonds. The minimum Gasteiger partial charge on any atom is -0.319 e. The van der Waals surface area contributed by atoms with E-state index in [9.17, 15) is 4.79 Å². The number of carbonyl (C=O) groups excluding carboxylic acids is 1. The van der Waals surface area contributed by atoms with E-state index in [4.69, 9.17) is 0 Å². The standard InChI is InChI=1S/C6H13NO.C2H6/c1-5(4-7-3)6(2)8;1-2/h5,7H,4H2,1-3H3;1-2H3. The third-order valence-electron chi connectivity index (χ3n) is 1.20. The van der Waals surface area contributed by atoms with Crippen LogP contribution in [0.25, 0.3) is 0 Å². The zero-order valence-electron chi connectivity index (χ0n) is 7.69. The minimum atomic E-state index is 0.167. The van der Waals surface area contributed by atoms with Gasteiger partial charge in [0.05, 0.1) is 0 Å². The molecule has 1 unspecified atom stereocenters. The van der Waals surface area contributed by atoms with Crippen LogP contribution < -0.4 is 5.32 Å². The van der Waals surface area contributed by atoms with Crippen molar-refractivity contribution >= 4 is 5.78 Å². The van der Waals surface area contributed by atoms with Crippen LogP contribution in [-0.4, -0.2) is 19.4 Å². The molecule has 0 aromatic heterocycles. The maximum Gasteiger partial charge on any atom is 0.133 e. The second-order valence-corrected chi connectivity index (χ2v) is 2.07. The van der Waals surface area contributed by atoms with Crippen molar-refractivity contribution in [3.05, 3.63) is 0 Å². The van der Waals surface area contributed by atoms with Gasteiger partial charge in [0.15, 0.2) is 0 Å². The van der Waals surface area contributed by atoms with E-state index in [-0.39, 0.29) is 11.7 Å². The van der Waals surface area contributed by atoms with Crippen molar-refractivity contribution < 1.29 is 4.79 Å². The van der Waals surface area contributed by atoms with Gasteiger partial charge in [-0.3, -0.25) is 4.79 Å². The van der Waals surface area contributed by atoms with Gasteiger partial charge in [0.1, 0.15) is 5.78 Å². The molecule has 0 bridgehead atoms. The van der Waals surface area contributed by atoms with Gasteiger partial charge < -0.3 is 5.32 Å². The van der Waals surface area contributed by atoms with Crippen molar-refractivity contribution in [2.24, 2.45) is 5.92 Å². The summed E-state index contributed by atoms with van der Waals surface area (Å²) in [7, 11) is 1.85. The van der Waals surface area contributed by atoms with E-state index in [1.165, 1.54) is 0 Å². The average Bonchev–Trinajstić information content (AvgIpc) is 1.93. The van der Waals surface area contributed by atoms with Crippen LogP contribution in [0.5, 0.6) is 0 Å². The SMILES string of the molecule is CC.CNCC(C)C(C)=O. The molecule has 0 saturated carbocycles. The van der Waals surface area contributed by atoms with E-state index < -0.39 is 0 Å². The maximum atomic E-state index is 10.5. The lowest BCUT2D eigenvalue weighted by Crippen LogP contribution is -2.21. The molecule has 0 fully saturated rings. The van der Waals surface area contributed by atoms with E-state index in [2.05, 4.69) is 5.32 Å². The second-order valence-electron chi connectivity index (χ2n) is 2.07. The summed E-state index contributed by atoms with van der Waals surface area (Å²) in [5.41, 5.74) is 0. The molecule has 0 spiro atoms. The number of rotatable bonds is 3. The summed E-state index contributed by atoms with van der Waals surface area (Å²) >= 11 is 0. The molecule has 2 nitrogen and oxygen atoms in total. The molecule has 0 aromatic carbocycles. The molecule has 1 N–H and O–H groups in total. The molecular formula is C8H19NO. The number of ketones is 1. The summed E-state index contributed by atoms with van der Waals surface area (Å²) in [4.78, 5) is 10.5. The Morgan fingerprint density at radius 3 is 2.00 bits per heavy atom. The molecule has 0 heterocycles. The van der Waals surface area contributed by atoms with Crippen molar-refractivity contribution in [3.8, 4) is 0 Å². The summed E-state index contributed by atoms with van der Waals surface area (Å²) in [6, 6.07) is 0. The fourth-order valence-corrected chi connectivity index (χ4v) is 0.450. The van der Waals surface area contributed by atoms with Gasteiger partial charge in [-0.15, -0.1) is 0 Å². The third-order valence-corrected chi connectivity index (χ3v) is 1.20. The van der Waals surface area contributed by atoms with Crippen LogP contribution in [0.1, 0.15) is 27.7 Å². The molecule has 0 aromatic rings. The highest BCUT2D eigenvalue weighted by molar-refractivity contribution is 5.78. The summed E-state index contributed by atoms with van der Waals surface area (Å²) in [6.07, 6.45) is 0. The van der Waals surface area contributed by atoms with Crippen LogP contribution in [0, 0.1) is 5.92 Å². The van der Waals surface area contributed by atoms with E-state index in [1.807, 2.05) is 27.8 Å². The molecule has 10 heavy (non-hydrogen) atoms. The highest BCUT2D eigenvalue weighted by Gasteiger charge is 2.03. The molecule has 1 atom stereocenters. The fraction of sp³-hybridized carbons (Fsp3) is 0.875. The zero-order chi connectivity index (χ0) is 8.57. The largest absolute Gasteiger partial charge is 0.319 e. The Morgan fingerprint density at radius 2 is 1.90 bits per heavy atom. The van der Waals surface area contributed by atoms with Gasteiger partial charge in [-0.05, 0) is 14.0 Å². The molecule has 0 aliphatic carbocycles. The summed E-state index contributed by atoms with van der Waals surface area (Å²) in [6.45, 7) is 8.32. The molecule has 2 heteroatoms. The molecule has 0 radical (unpaired) electrons. The normalized spacial score (nSPS) is 11.3. The highest BCUT2D eigenvalue weighted by atomic mass is 16.1. The van der Waals surface area contributed by atoms with Gasteiger partial charge in [0, 0.05) is 12.5 Å². The van der Waals surface area contributed by atoms with E-state index >= 15 is 0 Å². The quantitative estimate of drug-likeness (QED) is 0.651. The topological polar surface area (TPSA) is 29.1 Å². The maximum absolute atomic E-state index is 10.5. The van der Waals surface area contributed by atoms with Crippen LogP contribution in [0.3, 0.4) is 0 Å². The molecule has 0 saturated heterocycles. The Labute approximate surface area is 64.0 Å². The van der Waals surface area contributed by atoms with E-state index in [0.29, 0.717) is 0 Å². The van der Waals surface area contributed by atoms with Gasteiger partial charge >= 0.3 is 0 Å². The smallest absolute Gasteiger partial charge is 0.133 e. The average molecular weight is 145 g/mol. The van der Waals surface area contributed by atoms with Gasteiger partial charge in [0.25, 0.3) is 0 Å². The Bertz CT molecular complexity index is 81.3. The van der Waals surface area contributed by atoms with Crippen LogP contribution in [0.4, 0.5) is 0 Å². The number of hydrogen-bond acceptors (Lipinski definition) is 2. The molecule has 0 aliphatic rings. The Kier molecular flexibility index (Phi) is 10.6. The summed E-state index contributed by atoms with van der Waals surface area (Å²) in [5, 5.41) is 2.93. The van der Waals surface area contributed by atoms with E-state index in [1.54, 1.807) is 6.92 Å². The third kappa shape index (κ3) is 7.63. The first-order chi connectivity index (χ1) is 4.68. The van der Waals surface area contributed by atoms with Gasteiger partial charge in [0.2, 0.25) is 0 Å². The van der Waals surface area contributed by atoms with Crippen LogP contribution in [-0.2, 0) is 4.79 Å². The van der Waals surface area contributed by atoms with E-state index in [0.717, 1.165) is 6.54 Å². The Morgan fingerprint density at radius 1 is 1.50 bits per heavy atom. The lowest BCUT2D eigenvalue weighted by atomic mass is 10.1. The molecular weight excluding hydrogens is 126 g/mol. The van der Waals surface area contributed by atoms with Crippen molar-refractivity contribution in [1.82, 2.24) is 5.32 Å². The van der Waals surface area contributed by atoms with Crippen LogP contribution in [0.15, 0.2) is 0 Å². The van der Waals surface area contributed by atoms with Gasteiger partial charge in [-0.2, -0.15) is 0 Å². The lowest BCUT2D eigenvalue weighted by molar-refractivity contribution is -0.120. The monoisotopic (exact) mass is 145 g/mol.